The second-order valence-corrected chi connectivity index (χ2v) is 5.80. The second kappa shape index (κ2) is 7.35. The third-order valence-electron chi connectivity index (χ3n) is 3.96. The Kier molecular flexibility index (Phi) is 4.98. The molecule has 2 aromatic carbocycles. The maximum atomic E-state index is 13.2. The molecule has 0 saturated heterocycles. The molecule has 0 saturated carbocycles. The highest BCUT2D eigenvalue weighted by Crippen LogP contribution is 2.19. The van der Waals surface area contributed by atoms with E-state index in [-0.39, 0.29) is 28.3 Å². The van der Waals surface area contributed by atoms with Crippen LogP contribution in [0, 0.1) is 0 Å². The molecule has 4 nitrogen and oxygen atoms in total. The van der Waals surface area contributed by atoms with Gasteiger partial charge in [-0.3, -0.25) is 18.3 Å². The molecule has 3 rings (SSSR count). The molecule has 0 spiro atoms. The highest BCUT2D eigenvalue weighted by molar-refractivity contribution is 6.61. The Morgan fingerprint density at radius 2 is 1.85 bits per heavy atom. The van der Waals surface area contributed by atoms with Gasteiger partial charge in [0, 0.05) is 18.2 Å². The topological polar surface area (TPSA) is 58.7 Å². The van der Waals surface area contributed by atoms with Crippen LogP contribution < -0.4 is 11.2 Å². The molecule has 2 aromatic rings. The van der Waals surface area contributed by atoms with Crippen LogP contribution in [0.4, 0.5) is 14.3 Å². The lowest BCUT2D eigenvalue weighted by Crippen LogP contribution is -2.26. The summed E-state index contributed by atoms with van der Waals surface area (Å²) in [5.74, 6) is 0.0916. The summed E-state index contributed by atoms with van der Waals surface area (Å²) in [7, 11) is -1.10. The van der Waals surface area contributed by atoms with E-state index in [1.54, 1.807) is 13.1 Å². The van der Waals surface area contributed by atoms with Gasteiger partial charge in [-0.05, 0) is 35.4 Å². The van der Waals surface area contributed by atoms with Gasteiger partial charge in [0.05, 0.1) is 0 Å². The lowest BCUT2D eigenvalue weighted by atomic mass is 9.81. The van der Waals surface area contributed by atoms with Crippen LogP contribution in [0.5, 0.6) is 0 Å². The van der Waals surface area contributed by atoms with Crippen LogP contribution in [0.2, 0.25) is 0 Å². The van der Waals surface area contributed by atoms with E-state index in [0.29, 0.717) is 5.84 Å². The zero-order chi connectivity index (χ0) is 18.7. The predicted molar refractivity (Wildman–Crippen MR) is 102 cm³/mol. The fourth-order valence-electron chi connectivity index (χ4n) is 2.56. The minimum atomic E-state index is -2.69. The fourth-order valence-corrected chi connectivity index (χ4v) is 2.56. The Balaban J connectivity index is 1.93. The van der Waals surface area contributed by atoms with Crippen molar-refractivity contribution in [1.82, 2.24) is 4.90 Å². The van der Waals surface area contributed by atoms with Crippen LogP contribution in [0.15, 0.2) is 65.3 Å². The number of carbonyl (C=O) groups is 1. The number of anilines is 1. The monoisotopic (exact) mass is 351 g/mol. The Hall–Kier alpha value is -3.22. The number of hydrogen-bond donors (Lipinski definition) is 1. The van der Waals surface area contributed by atoms with E-state index in [4.69, 9.17) is 5.73 Å². The van der Waals surface area contributed by atoms with E-state index >= 15 is 0 Å². The van der Waals surface area contributed by atoms with Gasteiger partial charge in [-0.15, -0.1) is 0 Å². The normalized spacial score (nSPS) is 15.8. The maximum Gasteiger partial charge on any atom is 0.572 e. The number of nitrogen functional groups attached to an aromatic ring is 1. The molecule has 26 heavy (non-hydrogen) atoms. The molecule has 0 radical (unpaired) electrons. The van der Waals surface area contributed by atoms with Gasteiger partial charge in [0.2, 0.25) is 0 Å². The summed E-state index contributed by atoms with van der Waals surface area (Å²) >= 11 is 0. The van der Waals surface area contributed by atoms with Gasteiger partial charge in [-0.25, -0.2) is 4.99 Å². The van der Waals surface area contributed by atoms with Crippen molar-refractivity contribution in [2.45, 2.75) is 0 Å². The van der Waals surface area contributed by atoms with E-state index < -0.39 is 7.27 Å². The molecule has 1 heterocycles. The zero-order valence-electron chi connectivity index (χ0n) is 14.1. The van der Waals surface area contributed by atoms with Gasteiger partial charge in [0.1, 0.15) is 11.5 Å². The second-order valence-electron chi connectivity index (χ2n) is 5.80. The molecule has 0 unspecified atom stereocenters. The van der Waals surface area contributed by atoms with Crippen molar-refractivity contribution in [1.29, 1.82) is 0 Å². The third-order valence-corrected chi connectivity index (χ3v) is 3.96. The van der Waals surface area contributed by atoms with Gasteiger partial charge < -0.3 is 5.73 Å². The summed E-state index contributed by atoms with van der Waals surface area (Å²) in [6.45, 7) is 0. The quantitative estimate of drug-likeness (QED) is 0.523. The lowest BCUT2D eigenvalue weighted by Gasteiger charge is -2.08. The van der Waals surface area contributed by atoms with E-state index in [2.05, 4.69) is 4.99 Å². The van der Waals surface area contributed by atoms with Crippen molar-refractivity contribution in [3.63, 3.8) is 0 Å². The van der Waals surface area contributed by atoms with Gasteiger partial charge in [-0.1, -0.05) is 42.5 Å². The summed E-state index contributed by atoms with van der Waals surface area (Å²) in [5, 5.41) is 0. The number of nitrogens with two attached hydrogens (primary N) is 1. The van der Waals surface area contributed by atoms with Crippen LogP contribution in [0.3, 0.4) is 0 Å². The number of rotatable bonds is 4. The standard InChI is InChI=1S/C19H16BF2N3O/c1-25-18(10-7-13-5-3-2-4-6-13)24-17(19(25)26)11-14-8-9-15(23)12-16(14)20(21)22/h2-12H,23H2,1H3/b10-7+,17-11-. The molecule has 1 aliphatic heterocycles. The number of carbonyl (C=O) groups excluding carboxylic acids is 1. The predicted octanol–water partition coefficient (Wildman–Crippen LogP) is 2.83. The van der Waals surface area contributed by atoms with Crippen LogP contribution in [-0.2, 0) is 4.79 Å². The first-order chi connectivity index (χ1) is 12.5. The van der Waals surface area contributed by atoms with Gasteiger partial charge >= 0.3 is 7.27 Å². The molecular formula is C19H16BF2N3O. The molecule has 2 N–H and O–H groups in total. The Morgan fingerprint density at radius 3 is 2.54 bits per heavy atom. The van der Waals surface area contributed by atoms with E-state index in [9.17, 15) is 13.4 Å². The van der Waals surface area contributed by atoms with Crippen LogP contribution in [0.1, 0.15) is 11.1 Å². The average Bonchev–Trinajstić information content (AvgIpc) is 2.90. The number of amides is 1. The largest absolute Gasteiger partial charge is 0.572 e. The average molecular weight is 351 g/mol. The Bertz CT molecular complexity index is 924. The summed E-state index contributed by atoms with van der Waals surface area (Å²) < 4.78 is 26.4. The summed E-state index contributed by atoms with van der Waals surface area (Å²) in [4.78, 5) is 18.0. The fraction of sp³-hybridized carbons (Fsp3) is 0.0526. The number of aliphatic imine (C=N–C) groups is 1. The first-order valence-corrected chi connectivity index (χ1v) is 7.95. The smallest absolute Gasteiger partial charge is 0.399 e. The molecule has 0 bridgehead atoms. The minimum Gasteiger partial charge on any atom is -0.399 e. The van der Waals surface area contributed by atoms with Gasteiger partial charge in [0.15, 0.2) is 0 Å². The zero-order valence-corrected chi connectivity index (χ0v) is 14.1. The maximum absolute atomic E-state index is 13.2. The molecule has 7 heteroatoms. The Labute approximate surface area is 150 Å². The van der Waals surface area contributed by atoms with Crippen LogP contribution in [-0.4, -0.2) is 31.0 Å². The van der Waals surface area contributed by atoms with E-state index in [1.165, 1.54) is 29.2 Å². The number of halogens is 2. The first kappa shape index (κ1) is 17.6. The van der Waals surface area contributed by atoms with E-state index in [0.717, 1.165) is 5.56 Å². The van der Waals surface area contributed by atoms with Crippen molar-refractivity contribution in [3.05, 3.63) is 71.4 Å². The molecule has 0 aliphatic carbocycles. The van der Waals surface area contributed by atoms with Crippen molar-refractivity contribution in [2.75, 3.05) is 12.8 Å². The lowest BCUT2D eigenvalue weighted by molar-refractivity contribution is -0.121. The van der Waals surface area contributed by atoms with Crippen molar-refractivity contribution in [2.24, 2.45) is 4.99 Å². The number of benzene rings is 2. The number of nitrogens with zero attached hydrogens (tertiary/aromatic N) is 2. The molecule has 1 amide bonds. The molecule has 0 fully saturated rings. The third kappa shape index (κ3) is 3.72. The van der Waals surface area contributed by atoms with Crippen LogP contribution >= 0.6 is 0 Å². The highest BCUT2D eigenvalue weighted by atomic mass is 19.2. The van der Waals surface area contributed by atoms with Gasteiger partial charge in [0.25, 0.3) is 5.91 Å². The Morgan fingerprint density at radius 1 is 1.12 bits per heavy atom. The number of likely N-dealkylation sites (N-methyl/N-ethyl adjacent to an activating group) is 1. The molecular weight excluding hydrogens is 335 g/mol. The van der Waals surface area contributed by atoms with Crippen molar-refractivity contribution in [3.8, 4) is 0 Å². The minimum absolute atomic E-state index is 0.104. The number of hydrogen-bond acceptors (Lipinski definition) is 3. The molecule has 130 valence electrons. The summed E-state index contributed by atoms with van der Waals surface area (Å²) in [6, 6.07) is 13.8. The van der Waals surface area contributed by atoms with Crippen LogP contribution in [0.25, 0.3) is 12.2 Å². The molecule has 0 aromatic heterocycles. The van der Waals surface area contributed by atoms with Crippen molar-refractivity contribution >= 4 is 42.3 Å². The van der Waals surface area contributed by atoms with Gasteiger partial charge in [-0.2, -0.15) is 0 Å². The number of amidine groups is 1. The first-order valence-electron chi connectivity index (χ1n) is 7.95. The SMILES string of the molecule is CN1C(=O)/C(=C/c2ccc(N)cc2B(F)F)N=C1/C=C/c1ccccc1. The summed E-state index contributed by atoms with van der Waals surface area (Å²) in [5.41, 5.74) is 6.88. The molecule has 0 atom stereocenters. The highest BCUT2D eigenvalue weighted by Gasteiger charge is 2.27. The summed E-state index contributed by atoms with van der Waals surface area (Å²) in [6.07, 6.45) is 4.91. The van der Waals surface area contributed by atoms with E-state index in [1.807, 2.05) is 36.4 Å². The molecule has 1 aliphatic rings. The van der Waals surface area contributed by atoms with Crippen molar-refractivity contribution < 1.29 is 13.4 Å².